The van der Waals surface area contributed by atoms with Crippen LogP contribution in [0.25, 0.3) is 0 Å². The molecule has 8 heteroatoms. The number of carbonyl (C=O) groups excluding carboxylic acids is 3. The van der Waals surface area contributed by atoms with Crippen molar-refractivity contribution in [3.63, 3.8) is 0 Å². The Bertz CT molecular complexity index is 1230. The van der Waals surface area contributed by atoms with Crippen LogP contribution < -0.4 is 20.1 Å². The van der Waals surface area contributed by atoms with Crippen LogP contribution in [0.2, 0.25) is 0 Å². The van der Waals surface area contributed by atoms with Crippen molar-refractivity contribution in [1.29, 1.82) is 0 Å². The fraction of sp³-hybridized carbons (Fsp3) is 0.292. The highest BCUT2D eigenvalue weighted by Gasteiger charge is 2.48. The van der Waals surface area contributed by atoms with Crippen LogP contribution in [0.15, 0.2) is 36.4 Å². The molecular weight excluding hydrogens is 410 g/mol. The van der Waals surface area contributed by atoms with Crippen molar-refractivity contribution in [2.45, 2.75) is 31.5 Å². The minimum atomic E-state index is -1.54. The number of nitrogens with one attached hydrogen (secondary N) is 2. The third-order valence-electron chi connectivity index (χ3n) is 5.88. The largest absolute Gasteiger partial charge is 0.497 e. The molecule has 0 saturated carbocycles. The van der Waals surface area contributed by atoms with Crippen LogP contribution in [0.4, 0.5) is 4.79 Å². The molecule has 2 atom stereocenters. The molecular formula is C24H21N3O5. The van der Waals surface area contributed by atoms with Crippen molar-refractivity contribution in [2.24, 2.45) is 0 Å². The van der Waals surface area contributed by atoms with Gasteiger partial charge in [0.25, 0.3) is 11.8 Å². The van der Waals surface area contributed by atoms with Crippen LogP contribution in [-0.2, 0) is 17.8 Å². The normalized spacial score (nSPS) is 23.0. The first kappa shape index (κ1) is 19.9. The predicted octanol–water partition coefficient (Wildman–Crippen LogP) is 1.60. The molecule has 32 heavy (non-hydrogen) atoms. The highest BCUT2D eigenvalue weighted by molar-refractivity contribution is 6.10. The van der Waals surface area contributed by atoms with Gasteiger partial charge in [-0.25, -0.2) is 4.79 Å². The SMILES string of the molecule is COc1ccc2c(c1)C(=O)N(C[C@@]1(C#Cc3ccc4c(c3)CC(C)O4)NC(=O)NC1=O)C2. The molecule has 0 bridgehead atoms. The topological polar surface area (TPSA) is 97.0 Å². The summed E-state index contributed by atoms with van der Waals surface area (Å²) in [5.74, 6) is 6.55. The maximum absolute atomic E-state index is 13.0. The first-order valence-corrected chi connectivity index (χ1v) is 10.3. The third kappa shape index (κ3) is 3.32. The molecule has 2 aromatic rings. The van der Waals surface area contributed by atoms with E-state index in [9.17, 15) is 14.4 Å². The van der Waals surface area contributed by atoms with Gasteiger partial charge in [-0.15, -0.1) is 0 Å². The Morgan fingerprint density at radius 3 is 2.78 bits per heavy atom. The van der Waals surface area contributed by atoms with Crippen molar-refractivity contribution >= 4 is 17.8 Å². The maximum atomic E-state index is 13.0. The molecule has 5 rings (SSSR count). The molecule has 1 unspecified atom stereocenters. The Labute approximate surface area is 184 Å². The molecule has 0 radical (unpaired) electrons. The van der Waals surface area contributed by atoms with Crippen LogP contribution in [0.3, 0.4) is 0 Å². The Morgan fingerprint density at radius 2 is 2.03 bits per heavy atom. The average Bonchev–Trinajstić information content (AvgIpc) is 3.38. The number of rotatable bonds is 3. The predicted molar refractivity (Wildman–Crippen MR) is 114 cm³/mol. The molecule has 1 fully saturated rings. The van der Waals surface area contributed by atoms with E-state index in [0.717, 1.165) is 23.3 Å². The summed E-state index contributed by atoms with van der Waals surface area (Å²) in [6.45, 7) is 2.25. The molecule has 0 aromatic heterocycles. The van der Waals surface area contributed by atoms with Crippen molar-refractivity contribution in [3.8, 4) is 23.3 Å². The zero-order chi connectivity index (χ0) is 22.5. The second kappa shape index (κ2) is 7.31. The van der Waals surface area contributed by atoms with Gasteiger partial charge in [-0.3, -0.25) is 14.9 Å². The number of fused-ring (bicyclic) bond motifs is 2. The van der Waals surface area contributed by atoms with Gasteiger partial charge in [-0.05, 0) is 48.4 Å². The Hall–Kier alpha value is -3.99. The number of urea groups is 1. The van der Waals surface area contributed by atoms with Crippen LogP contribution in [0, 0.1) is 11.8 Å². The van der Waals surface area contributed by atoms with Gasteiger partial charge in [0.15, 0.2) is 0 Å². The zero-order valence-electron chi connectivity index (χ0n) is 17.7. The van der Waals surface area contributed by atoms with Gasteiger partial charge in [0.05, 0.1) is 13.7 Å². The van der Waals surface area contributed by atoms with E-state index < -0.39 is 17.5 Å². The van der Waals surface area contributed by atoms with Gasteiger partial charge >= 0.3 is 6.03 Å². The maximum Gasteiger partial charge on any atom is 0.323 e. The van der Waals surface area contributed by atoms with E-state index >= 15 is 0 Å². The summed E-state index contributed by atoms with van der Waals surface area (Å²) in [6, 6.07) is 10.3. The van der Waals surface area contributed by atoms with Gasteiger partial charge in [-0.2, -0.15) is 0 Å². The van der Waals surface area contributed by atoms with Gasteiger partial charge in [0.1, 0.15) is 17.6 Å². The number of ether oxygens (including phenoxy) is 2. The summed E-state index contributed by atoms with van der Waals surface area (Å²) in [5, 5.41) is 4.88. The summed E-state index contributed by atoms with van der Waals surface area (Å²) < 4.78 is 10.9. The number of methoxy groups -OCH3 is 1. The van der Waals surface area contributed by atoms with E-state index in [2.05, 4.69) is 22.5 Å². The van der Waals surface area contributed by atoms with Crippen molar-refractivity contribution in [2.75, 3.05) is 13.7 Å². The fourth-order valence-electron chi connectivity index (χ4n) is 4.29. The fourth-order valence-corrected chi connectivity index (χ4v) is 4.29. The van der Waals surface area contributed by atoms with Crippen LogP contribution in [-0.4, -0.2) is 48.0 Å². The van der Waals surface area contributed by atoms with E-state index in [0.29, 0.717) is 23.4 Å². The number of amides is 4. The lowest BCUT2D eigenvalue weighted by Gasteiger charge is -2.26. The second-order valence-electron chi connectivity index (χ2n) is 8.20. The molecule has 3 aliphatic rings. The van der Waals surface area contributed by atoms with Crippen molar-refractivity contribution in [3.05, 3.63) is 58.7 Å². The minimum Gasteiger partial charge on any atom is -0.497 e. The number of carbonyl (C=O) groups is 3. The van der Waals surface area contributed by atoms with E-state index in [1.165, 1.54) is 12.0 Å². The summed E-state index contributed by atoms with van der Waals surface area (Å²) in [5.41, 5.74) is 1.57. The standard InChI is InChI=1S/C24H21N3O5/c1-14-9-17-10-15(3-6-20(17)32-14)7-8-24(22(29)25-23(30)26-24)13-27-12-16-4-5-18(31-2)11-19(16)21(27)28/h3-6,10-11,14H,9,12-13H2,1-2H3,(H2,25,26,29,30)/t14?,24-/m1/s1. The van der Waals surface area contributed by atoms with Gasteiger partial charge in [0, 0.05) is 24.1 Å². The summed E-state index contributed by atoms with van der Waals surface area (Å²) in [6.07, 6.45) is 0.901. The lowest BCUT2D eigenvalue weighted by Crippen LogP contribution is -2.54. The van der Waals surface area contributed by atoms with Crippen LogP contribution >= 0.6 is 0 Å². The van der Waals surface area contributed by atoms with E-state index in [1.807, 2.05) is 31.2 Å². The van der Waals surface area contributed by atoms with E-state index in [-0.39, 0.29) is 18.6 Å². The first-order valence-electron chi connectivity index (χ1n) is 10.3. The number of nitrogens with zero attached hydrogens (tertiary/aromatic N) is 1. The molecule has 1 saturated heterocycles. The molecule has 3 aliphatic heterocycles. The quantitative estimate of drug-likeness (QED) is 0.569. The molecule has 3 heterocycles. The van der Waals surface area contributed by atoms with Crippen LogP contribution in [0.5, 0.6) is 11.5 Å². The molecule has 0 spiro atoms. The minimum absolute atomic E-state index is 0.0709. The molecule has 4 amide bonds. The Morgan fingerprint density at radius 1 is 1.19 bits per heavy atom. The number of imide groups is 1. The Balaban J connectivity index is 1.44. The molecule has 8 nitrogen and oxygen atoms in total. The van der Waals surface area contributed by atoms with E-state index in [1.54, 1.807) is 12.1 Å². The van der Waals surface area contributed by atoms with Crippen LogP contribution in [0.1, 0.15) is 34.0 Å². The summed E-state index contributed by atoms with van der Waals surface area (Å²) in [4.78, 5) is 39.2. The van der Waals surface area contributed by atoms with Crippen molar-refractivity contribution in [1.82, 2.24) is 15.5 Å². The highest BCUT2D eigenvalue weighted by atomic mass is 16.5. The number of hydrogen-bond acceptors (Lipinski definition) is 5. The summed E-state index contributed by atoms with van der Waals surface area (Å²) >= 11 is 0. The average molecular weight is 431 g/mol. The second-order valence-corrected chi connectivity index (χ2v) is 8.20. The molecule has 162 valence electrons. The van der Waals surface area contributed by atoms with E-state index in [4.69, 9.17) is 9.47 Å². The smallest absolute Gasteiger partial charge is 0.323 e. The summed E-state index contributed by atoms with van der Waals surface area (Å²) in [7, 11) is 1.54. The van der Waals surface area contributed by atoms with Gasteiger partial charge < -0.3 is 19.7 Å². The zero-order valence-corrected chi connectivity index (χ0v) is 17.7. The monoisotopic (exact) mass is 431 g/mol. The first-order chi connectivity index (χ1) is 15.4. The molecule has 2 aromatic carbocycles. The van der Waals surface area contributed by atoms with Gasteiger partial charge in [-0.1, -0.05) is 17.9 Å². The number of benzene rings is 2. The lowest BCUT2D eigenvalue weighted by atomic mass is 9.98. The number of hydrogen-bond donors (Lipinski definition) is 2. The van der Waals surface area contributed by atoms with Crippen molar-refractivity contribution < 1.29 is 23.9 Å². The lowest BCUT2D eigenvalue weighted by molar-refractivity contribution is -0.122. The van der Waals surface area contributed by atoms with Gasteiger partial charge in [0.2, 0.25) is 5.54 Å². The molecule has 0 aliphatic carbocycles. The Kier molecular flexibility index (Phi) is 4.55. The molecule has 2 N–H and O–H groups in total. The third-order valence-corrected chi connectivity index (χ3v) is 5.88. The highest BCUT2D eigenvalue weighted by Crippen LogP contribution is 2.30.